The maximum absolute atomic E-state index is 11.8. The summed E-state index contributed by atoms with van der Waals surface area (Å²) in [5, 5.41) is 17.3. The van der Waals surface area contributed by atoms with Crippen molar-refractivity contribution in [2.45, 2.75) is 13.5 Å². The van der Waals surface area contributed by atoms with Gasteiger partial charge in [-0.1, -0.05) is 17.7 Å². The van der Waals surface area contributed by atoms with E-state index in [1.54, 1.807) is 24.3 Å². The fraction of sp³-hybridized carbons (Fsp3) is 0.182. The van der Waals surface area contributed by atoms with Crippen LogP contribution in [-0.4, -0.2) is 25.6 Å². The molecule has 1 heterocycles. The molecule has 1 aromatic carbocycles. The zero-order valence-electron chi connectivity index (χ0n) is 10.4. The number of rotatable bonds is 4. The van der Waals surface area contributed by atoms with Crippen LogP contribution in [-0.2, 0) is 11.3 Å². The zero-order valence-corrected chi connectivity index (χ0v) is 11.2. The summed E-state index contributed by atoms with van der Waals surface area (Å²) in [7, 11) is 0. The van der Waals surface area contributed by atoms with Gasteiger partial charge in [0.05, 0.1) is 0 Å². The number of nitro groups is 1. The molecule has 104 valence electrons. The molecule has 0 radical (unpaired) electrons. The van der Waals surface area contributed by atoms with Crippen molar-refractivity contribution in [1.29, 1.82) is 0 Å². The van der Waals surface area contributed by atoms with E-state index < -0.39 is 10.9 Å². The van der Waals surface area contributed by atoms with Gasteiger partial charge >= 0.3 is 5.95 Å². The van der Waals surface area contributed by atoms with E-state index in [0.29, 0.717) is 10.7 Å². The standard InChI is InChI=1S/C11H10ClN5O3/c1-7-13-11(17(19)20)15-16(7)6-10(18)14-9-4-2-3-8(12)5-9/h2-5H,6H2,1H3,(H,14,18). The molecule has 0 atom stereocenters. The molecule has 0 unspecified atom stereocenters. The van der Waals surface area contributed by atoms with E-state index in [9.17, 15) is 14.9 Å². The Hall–Kier alpha value is -2.48. The number of aromatic nitrogens is 3. The minimum absolute atomic E-state index is 0.167. The molecule has 1 aromatic heterocycles. The Morgan fingerprint density at radius 3 is 2.90 bits per heavy atom. The number of carbonyl (C=O) groups is 1. The van der Waals surface area contributed by atoms with E-state index in [2.05, 4.69) is 15.4 Å². The van der Waals surface area contributed by atoms with Crippen LogP contribution < -0.4 is 5.32 Å². The van der Waals surface area contributed by atoms with Crippen molar-refractivity contribution in [3.8, 4) is 0 Å². The maximum Gasteiger partial charge on any atom is 0.491 e. The van der Waals surface area contributed by atoms with Gasteiger partial charge in [0, 0.05) is 22.7 Å². The van der Waals surface area contributed by atoms with Gasteiger partial charge in [0.1, 0.15) is 6.54 Å². The second-order valence-electron chi connectivity index (χ2n) is 3.93. The zero-order chi connectivity index (χ0) is 14.7. The minimum Gasteiger partial charge on any atom is -0.390 e. The van der Waals surface area contributed by atoms with E-state index in [1.165, 1.54) is 6.92 Å². The molecule has 0 spiro atoms. The van der Waals surface area contributed by atoms with Gasteiger partial charge in [0.25, 0.3) is 0 Å². The summed E-state index contributed by atoms with van der Waals surface area (Å²) in [6, 6.07) is 6.65. The van der Waals surface area contributed by atoms with E-state index in [1.807, 2.05) is 0 Å². The molecule has 0 aliphatic rings. The Balaban J connectivity index is 2.06. The SMILES string of the molecule is Cc1nc([N+](=O)[O-])nn1CC(=O)Nc1cccc(Cl)c1. The van der Waals surface area contributed by atoms with Gasteiger partial charge in [0.2, 0.25) is 11.7 Å². The van der Waals surface area contributed by atoms with Crippen LogP contribution in [0, 0.1) is 17.0 Å². The van der Waals surface area contributed by atoms with E-state index in [0.717, 1.165) is 4.68 Å². The minimum atomic E-state index is -0.710. The van der Waals surface area contributed by atoms with E-state index >= 15 is 0 Å². The lowest BCUT2D eigenvalue weighted by atomic mass is 10.3. The summed E-state index contributed by atoms with van der Waals surface area (Å²) in [4.78, 5) is 25.3. The number of benzene rings is 1. The Labute approximate surface area is 118 Å². The molecule has 2 rings (SSSR count). The molecule has 1 amide bonds. The molecule has 0 fully saturated rings. The highest BCUT2D eigenvalue weighted by Crippen LogP contribution is 2.15. The quantitative estimate of drug-likeness (QED) is 0.684. The predicted octanol–water partition coefficient (Wildman–Crippen LogP) is 1.79. The summed E-state index contributed by atoms with van der Waals surface area (Å²) >= 11 is 5.80. The maximum atomic E-state index is 11.8. The fourth-order valence-corrected chi connectivity index (χ4v) is 1.73. The normalized spacial score (nSPS) is 10.3. The summed E-state index contributed by atoms with van der Waals surface area (Å²) in [6.07, 6.45) is 0. The lowest BCUT2D eigenvalue weighted by molar-refractivity contribution is -0.394. The largest absolute Gasteiger partial charge is 0.491 e. The monoisotopic (exact) mass is 295 g/mol. The van der Waals surface area contributed by atoms with Gasteiger partial charge in [-0.25, -0.2) is 0 Å². The molecular weight excluding hydrogens is 286 g/mol. The number of hydrogen-bond donors (Lipinski definition) is 1. The van der Waals surface area contributed by atoms with Crippen LogP contribution >= 0.6 is 11.6 Å². The smallest absolute Gasteiger partial charge is 0.390 e. The Bertz CT molecular complexity index is 670. The third-order valence-electron chi connectivity index (χ3n) is 2.41. The van der Waals surface area contributed by atoms with Crippen molar-refractivity contribution in [2.75, 3.05) is 5.32 Å². The van der Waals surface area contributed by atoms with Gasteiger partial charge in [-0.3, -0.25) is 4.79 Å². The second kappa shape index (κ2) is 5.66. The van der Waals surface area contributed by atoms with Crippen molar-refractivity contribution < 1.29 is 9.72 Å². The number of amides is 1. The summed E-state index contributed by atoms with van der Waals surface area (Å²) in [5.41, 5.74) is 0.537. The Kier molecular flexibility index (Phi) is 3.94. The second-order valence-corrected chi connectivity index (χ2v) is 4.37. The third-order valence-corrected chi connectivity index (χ3v) is 2.65. The summed E-state index contributed by atoms with van der Waals surface area (Å²) < 4.78 is 1.16. The Morgan fingerprint density at radius 2 is 2.30 bits per heavy atom. The van der Waals surface area contributed by atoms with Gasteiger partial charge in [0.15, 0.2) is 0 Å². The molecule has 0 saturated heterocycles. The first kappa shape index (κ1) is 13.9. The van der Waals surface area contributed by atoms with Gasteiger partial charge in [-0.2, -0.15) is 4.68 Å². The van der Waals surface area contributed by atoms with Crippen LogP contribution in [0.3, 0.4) is 0 Å². The van der Waals surface area contributed by atoms with Crippen LogP contribution in [0.2, 0.25) is 5.02 Å². The van der Waals surface area contributed by atoms with Crippen LogP contribution in [0.1, 0.15) is 5.82 Å². The number of nitrogens with one attached hydrogen (secondary N) is 1. The molecule has 2 aromatic rings. The molecule has 20 heavy (non-hydrogen) atoms. The predicted molar refractivity (Wildman–Crippen MR) is 71.5 cm³/mol. The van der Waals surface area contributed by atoms with Crippen LogP contribution in [0.5, 0.6) is 0 Å². The molecule has 8 nitrogen and oxygen atoms in total. The average Bonchev–Trinajstić information content (AvgIpc) is 2.71. The first-order valence-electron chi connectivity index (χ1n) is 5.57. The topological polar surface area (TPSA) is 103 Å². The molecule has 1 N–H and O–H groups in total. The lowest BCUT2D eigenvalue weighted by Gasteiger charge is -2.04. The van der Waals surface area contributed by atoms with E-state index in [-0.39, 0.29) is 18.3 Å². The van der Waals surface area contributed by atoms with Crippen molar-refractivity contribution in [3.05, 3.63) is 45.2 Å². The molecule has 0 aliphatic heterocycles. The van der Waals surface area contributed by atoms with Gasteiger partial charge in [-0.05, 0) is 28.1 Å². The first-order chi connectivity index (χ1) is 9.45. The number of aryl methyl sites for hydroxylation is 1. The number of nitrogens with zero attached hydrogens (tertiary/aromatic N) is 4. The van der Waals surface area contributed by atoms with Crippen molar-refractivity contribution in [2.24, 2.45) is 0 Å². The molecule has 0 bridgehead atoms. The summed E-state index contributed by atoms with van der Waals surface area (Å²) in [5.74, 6) is -0.619. The lowest BCUT2D eigenvalue weighted by Crippen LogP contribution is -2.20. The highest BCUT2D eigenvalue weighted by atomic mass is 35.5. The fourth-order valence-electron chi connectivity index (χ4n) is 1.54. The number of halogens is 1. The van der Waals surface area contributed by atoms with Gasteiger partial charge in [-0.15, -0.1) is 0 Å². The number of anilines is 1. The highest BCUT2D eigenvalue weighted by molar-refractivity contribution is 6.30. The molecular formula is C11H10ClN5O3. The molecule has 0 saturated carbocycles. The van der Waals surface area contributed by atoms with Gasteiger partial charge < -0.3 is 15.4 Å². The van der Waals surface area contributed by atoms with E-state index in [4.69, 9.17) is 11.6 Å². The van der Waals surface area contributed by atoms with Crippen LogP contribution in [0.4, 0.5) is 11.6 Å². The molecule has 0 aliphatic carbocycles. The van der Waals surface area contributed by atoms with Crippen molar-refractivity contribution in [3.63, 3.8) is 0 Å². The average molecular weight is 296 g/mol. The molecule has 9 heteroatoms. The van der Waals surface area contributed by atoms with Crippen molar-refractivity contribution in [1.82, 2.24) is 14.8 Å². The number of carbonyl (C=O) groups excluding carboxylic acids is 1. The van der Waals surface area contributed by atoms with Crippen LogP contribution in [0.15, 0.2) is 24.3 Å². The third kappa shape index (κ3) is 3.29. The number of hydrogen-bond acceptors (Lipinski definition) is 5. The highest BCUT2D eigenvalue weighted by Gasteiger charge is 2.19. The van der Waals surface area contributed by atoms with Crippen molar-refractivity contribution >= 4 is 29.1 Å². The van der Waals surface area contributed by atoms with Crippen LogP contribution in [0.25, 0.3) is 0 Å². The first-order valence-corrected chi connectivity index (χ1v) is 5.95. The Morgan fingerprint density at radius 1 is 1.55 bits per heavy atom. The summed E-state index contributed by atoms with van der Waals surface area (Å²) in [6.45, 7) is 1.37.